The van der Waals surface area contributed by atoms with Gasteiger partial charge in [-0.05, 0) is 36.4 Å². The Balaban J connectivity index is 1.68. The van der Waals surface area contributed by atoms with Crippen LogP contribution in [0, 0.1) is 5.82 Å². The summed E-state index contributed by atoms with van der Waals surface area (Å²) >= 11 is 0. The summed E-state index contributed by atoms with van der Waals surface area (Å²) < 4.78 is 18.0. The molecular formula is C17H14FN5O2. The molecule has 0 fully saturated rings. The Bertz CT molecular complexity index is 872. The number of nitrogen functional groups attached to an aromatic ring is 1. The Morgan fingerprint density at radius 1 is 1.04 bits per heavy atom. The van der Waals surface area contributed by atoms with Crippen LogP contribution >= 0.6 is 0 Å². The van der Waals surface area contributed by atoms with Gasteiger partial charge >= 0.3 is 5.97 Å². The minimum absolute atomic E-state index is 0.00117. The number of rotatable bonds is 5. The Hall–Kier alpha value is -3.55. The summed E-state index contributed by atoms with van der Waals surface area (Å²) in [6, 6.07) is 14.3. The smallest absolute Gasteiger partial charge is 0.338 e. The average molecular weight is 339 g/mol. The number of carbonyl (C=O) groups excluding carboxylic acids is 1. The molecule has 3 N–H and O–H groups in total. The predicted molar refractivity (Wildman–Crippen MR) is 89.5 cm³/mol. The van der Waals surface area contributed by atoms with Crippen LogP contribution in [-0.2, 0) is 11.3 Å². The number of benzene rings is 2. The van der Waals surface area contributed by atoms with Crippen molar-refractivity contribution in [2.45, 2.75) is 6.61 Å². The Morgan fingerprint density at radius 3 is 2.48 bits per heavy atom. The standard InChI is InChI=1S/C17H14FN5O2/c18-12-8-6-11(7-9-12)15(24)25-10-14-21-16(19)23-17(22-14)20-13-4-2-1-3-5-13/h1-9H,10H2,(H3,19,20,21,22,23). The van der Waals surface area contributed by atoms with Crippen molar-refractivity contribution in [2.24, 2.45) is 0 Å². The molecule has 3 aromatic rings. The van der Waals surface area contributed by atoms with Gasteiger partial charge < -0.3 is 15.8 Å². The Labute approximate surface area is 142 Å². The van der Waals surface area contributed by atoms with Gasteiger partial charge in [0.25, 0.3) is 0 Å². The molecule has 1 heterocycles. The summed E-state index contributed by atoms with van der Waals surface area (Å²) in [5, 5.41) is 2.99. The second-order valence-corrected chi connectivity index (χ2v) is 5.01. The Kier molecular flexibility index (Phi) is 4.79. The molecule has 126 valence electrons. The van der Waals surface area contributed by atoms with Crippen molar-refractivity contribution in [3.05, 3.63) is 71.8 Å². The summed E-state index contributed by atoms with van der Waals surface area (Å²) in [6.07, 6.45) is 0. The molecule has 0 bridgehead atoms. The van der Waals surface area contributed by atoms with Crippen LogP contribution in [0.15, 0.2) is 54.6 Å². The molecule has 3 rings (SSSR count). The third kappa shape index (κ3) is 4.47. The van der Waals surface area contributed by atoms with Crippen LogP contribution in [0.5, 0.6) is 0 Å². The minimum atomic E-state index is -0.614. The lowest BCUT2D eigenvalue weighted by atomic mass is 10.2. The zero-order valence-corrected chi connectivity index (χ0v) is 13.0. The number of carbonyl (C=O) groups is 1. The maximum absolute atomic E-state index is 12.9. The number of para-hydroxylation sites is 1. The first-order valence-corrected chi connectivity index (χ1v) is 7.35. The van der Waals surface area contributed by atoms with Crippen LogP contribution in [0.25, 0.3) is 0 Å². The maximum atomic E-state index is 12.9. The third-order valence-electron chi connectivity index (χ3n) is 3.14. The van der Waals surface area contributed by atoms with E-state index >= 15 is 0 Å². The van der Waals surface area contributed by atoms with E-state index in [9.17, 15) is 9.18 Å². The van der Waals surface area contributed by atoms with E-state index in [1.54, 1.807) is 0 Å². The van der Waals surface area contributed by atoms with Gasteiger partial charge in [-0.3, -0.25) is 0 Å². The molecule has 0 saturated heterocycles. The highest BCUT2D eigenvalue weighted by atomic mass is 19.1. The molecule has 0 unspecified atom stereocenters. The first kappa shape index (κ1) is 16.3. The summed E-state index contributed by atoms with van der Waals surface area (Å²) in [5.74, 6) is -0.607. The number of nitrogens with one attached hydrogen (secondary N) is 1. The third-order valence-corrected chi connectivity index (χ3v) is 3.14. The van der Waals surface area contributed by atoms with Crippen molar-refractivity contribution >= 4 is 23.6 Å². The molecule has 0 amide bonds. The molecule has 7 nitrogen and oxygen atoms in total. The predicted octanol–water partition coefficient (Wildman–Crippen LogP) is 2.69. The van der Waals surface area contributed by atoms with E-state index in [1.807, 2.05) is 30.3 Å². The van der Waals surface area contributed by atoms with Gasteiger partial charge in [-0.25, -0.2) is 9.18 Å². The molecule has 0 radical (unpaired) electrons. The van der Waals surface area contributed by atoms with E-state index in [4.69, 9.17) is 10.5 Å². The maximum Gasteiger partial charge on any atom is 0.338 e. The van der Waals surface area contributed by atoms with Crippen LogP contribution in [0.2, 0.25) is 0 Å². The lowest BCUT2D eigenvalue weighted by Crippen LogP contribution is -2.11. The number of nitrogens with two attached hydrogens (primary N) is 1. The molecular weight excluding hydrogens is 325 g/mol. The molecule has 8 heteroatoms. The highest BCUT2D eigenvalue weighted by Crippen LogP contribution is 2.13. The number of hydrogen-bond acceptors (Lipinski definition) is 7. The summed E-state index contributed by atoms with van der Waals surface area (Å²) in [7, 11) is 0. The van der Waals surface area contributed by atoms with Gasteiger partial charge in [-0.2, -0.15) is 15.0 Å². The number of hydrogen-bond donors (Lipinski definition) is 2. The first-order valence-electron chi connectivity index (χ1n) is 7.35. The van der Waals surface area contributed by atoms with Crippen molar-refractivity contribution in [1.29, 1.82) is 0 Å². The summed E-state index contributed by atoms with van der Waals surface area (Å²) in [6.45, 7) is -0.188. The van der Waals surface area contributed by atoms with Crippen molar-refractivity contribution in [3.8, 4) is 0 Å². The molecule has 2 aromatic carbocycles. The van der Waals surface area contributed by atoms with Gasteiger partial charge in [0.1, 0.15) is 5.82 Å². The van der Waals surface area contributed by atoms with Gasteiger partial charge in [-0.1, -0.05) is 18.2 Å². The van der Waals surface area contributed by atoms with E-state index in [1.165, 1.54) is 24.3 Å². The van der Waals surface area contributed by atoms with Crippen LogP contribution < -0.4 is 11.1 Å². The zero-order valence-electron chi connectivity index (χ0n) is 13.0. The number of halogens is 1. The second-order valence-electron chi connectivity index (χ2n) is 5.01. The SMILES string of the molecule is Nc1nc(COC(=O)c2ccc(F)cc2)nc(Nc2ccccc2)n1. The highest BCUT2D eigenvalue weighted by Gasteiger charge is 2.10. The average Bonchev–Trinajstić information content (AvgIpc) is 2.61. The van der Waals surface area contributed by atoms with E-state index < -0.39 is 11.8 Å². The van der Waals surface area contributed by atoms with Crippen LogP contribution in [0.3, 0.4) is 0 Å². The van der Waals surface area contributed by atoms with Crippen molar-refractivity contribution in [1.82, 2.24) is 15.0 Å². The number of nitrogens with zero attached hydrogens (tertiary/aromatic N) is 3. The molecule has 0 saturated carbocycles. The van der Waals surface area contributed by atoms with Crippen LogP contribution in [0.4, 0.5) is 22.0 Å². The summed E-state index contributed by atoms with van der Waals surface area (Å²) in [5.41, 5.74) is 6.67. The topological polar surface area (TPSA) is 103 Å². The molecule has 0 atom stereocenters. The van der Waals surface area contributed by atoms with Crippen LogP contribution in [0.1, 0.15) is 16.2 Å². The van der Waals surface area contributed by atoms with Gasteiger partial charge in [0.2, 0.25) is 11.9 Å². The molecule has 0 spiro atoms. The normalized spacial score (nSPS) is 10.3. The van der Waals surface area contributed by atoms with E-state index in [0.717, 1.165) is 5.69 Å². The van der Waals surface area contributed by atoms with Gasteiger partial charge in [-0.15, -0.1) is 0 Å². The fourth-order valence-corrected chi connectivity index (χ4v) is 2.01. The van der Waals surface area contributed by atoms with Gasteiger partial charge in [0, 0.05) is 5.69 Å². The van der Waals surface area contributed by atoms with Crippen LogP contribution in [-0.4, -0.2) is 20.9 Å². The monoisotopic (exact) mass is 339 g/mol. The lowest BCUT2D eigenvalue weighted by Gasteiger charge is -2.08. The number of esters is 1. The molecule has 0 aliphatic carbocycles. The first-order chi connectivity index (χ1) is 12.1. The Morgan fingerprint density at radius 2 is 1.76 bits per heavy atom. The van der Waals surface area contributed by atoms with Crippen molar-refractivity contribution in [2.75, 3.05) is 11.1 Å². The number of ether oxygens (including phenoxy) is 1. The lowest BCUT2D eigenvalue weighted by molar-refractivity contribution is 0.0462. The van der Waals surface area contributed by atoms with Crippen molar-refractivity contribution in [3.63, 3.8) is 0 Å². The molecule has 0 aliphatic heterocycles. The van der Waals surface area contributed by atoms with E-state index in [-0.39, 0.29) is 29.9 Å². The van der Waals surface area contributed by atoms with Gasteiger partial charge in [0.15, 0.2) is 12.4 Å². The van der Waals surface area contributed by atoms with E-state index in [2.05, 4.69) is 20.3 Å². The molecule has 0 aliphatic rings. The number of aromatic nitrogens is 3. The van der Waals surface area contributed by atoms with E-state index in [0.29, 0.717) is 0 Å². The largest absolute Gasteiger partial charge is 0.454 e. The van der Waals surface area contributed by atoms with Gasteiger partial charge in [0.05, 0.1) is 5.56 Å². The fourth-order valence-electron chi connectivity index (χ4n) is 2.01. The number of anilines is 3. The highest BCUT2D eigenvalue weighted by molar-refractivity contribution is 5.89. The second kappa shape index (κ2) is 7.35. The van der Waals surface area contributed by atoms with Crippen molar-refractivity contribution < 1.29 is 13.9 Å². The summed E-state index contributed by atoms with van der Waals surface area (Å²) in [4.78, 5) is 24.0. The zero-order chi connectivity index (χ0) is 17.6. The quantitative estimate of drug-likeness (QED) is 0.689. The fraction of sp³-hybridized carbons (Fsp3) is 0.0588. The molecule has 25 heavy (non-hydrogen) atoms. The molecule has 1 aromatic heterocycles. The minimum Gasteiger partial charge on any atom is -0.454 e.